The summed E-state index contributed by atoms with van der Waals surface area (Å²) >= 11 is 19.2. The predicted octanol–water partition coefficient (Wildman–Crippen LogP) is 4.78. The Bertz CT molecular complexity index is 657. The molecule has 0 saturated heterocycles. The Balaban J connectivity index is 2.20. The molecule has 106 valence electrons. The molecule has 3 nitrogen and oxygen atoms in total. The number of carbonyl (C=O) groups excluding carboxylic acids is 1. The van der Waals surface area contributed by atoms with Gasteiger partial charge in [0.25, 0.3) is 5.91 Å². The number of nitrogen functional groups attached to an aromatic ring is 1. The highest BCUT2D eigenvalue weighted by atomic mass is 35.5. The largest absolute Gasteiger partial charge is 0.399 e. The van der Waals surface area contributed by atoms with E-state index in [0.717, 1.165) is 4.88 Å². The standard InChI is InChI=1S/C13H11Cl3N2OS/c1-6(10-2-3-11(15)20-10)18-13(19)8-4-7(17)5-9(14)12(8)16/h2-6H,17H2,1H3,(H,18,19). The molecule has 0 fully saturated rings. The second kappa shape index (κ2) is 6.22. The van der Waals surface area contributed by atoms with Crippen molar-refractivity contribution < 1.29 is 4.79 Å². The van der Waals surface area contributed by atoms with Gasteiger partial charge in [0.1, 0.15) is 0 Å². The third-order valence-electron chi connectivity index (χ3n) is 2.66. The summed E-state index contributed by atoms with van der Waals surface area (Å²) in [5, 5.41) is 3.28. The summed E-state index contributed by atoms with van der Waals surface area (Å²) in [5.41, 5.74) is 6.31. The van der Waals surface area contributed by atoms with Crippen LogP contribution in [0, 0.1) is 0 Å². The highest BCUT2D eigenvalue weighted by Gasteiger charge is 2.17. The van der Waals surface area contributed by atoms with Crippen LogP contribution in [-0.4, -0.2) is 5.91 Å². The number of halogens is 3. The van der Waals surface area contributed by atoms with E-state index in [-0.39, 0.29) is 27.6 Å². The van der Waals surface area contributed by atoms with Gasteiger partial charge in [-0.3, -0.25) is 4.79 Å². The van der Waals surface area contributed by atoms with Crippen molar-refractivity contribution >= 4 is 57.7 Å². The van der Waals surface area contributed by atoms with Crippen molar-refractivity contribution in [1.82, 2.24) is 5.32 Å². The first kappa shape index (κ1) is 15.4. The number of anilines is 1. The number of rotatable bonds is 3. The Kier molecular flexibility index (Phi) is 4.81. The molecule has 0 radical (unpaired) electrons. The van der Waals surface area contributed by atoms with Crippen LogP contribution in [0.5, 0.6) is 0 Å². The van der Waals surface area contributed by atoms with Crippen LogP contribution in [0.2, 0.25) is 14.4 Å². The Hall–Kier alpha value is -0.940. The van der Waals surface area contributed by atoms with E-state index in [4.69, 9.17) is 40.5 Å². The SMILES string of the molecule is CC(NC(=O)c1cc(N)cc(Cl)c1Cl)c1ccc(Cl)s1. The lowest BCUT2D eigenvalue weighted by molar-refractivity contribution is 0.0940. The van der Waals surface area contributed by atoms with Crippen molar-refractivity contribution in [3.05, 3.63) is 49.1 Å². The molecular formula is C13H11Cl3N2OS. The third kappa shape index (κ3) is 3.38. The van der Waals surface area contributed by atoms with Gasteiger partial charge in [0.05, 0.1) is 26.0 Å². The number of hydrogen-bond donors (Lipinski definition) is 2. The molecule has 0 aliphatic carbocycles. The fourth-order valence-electron chi connectivity index (χ4n) is 1.68. The zero-order valence-corrected chi connectivity index (χ0v) is 13.5. The highest BCUT2D eigenvalue weighted by Crippen LogP contribution is 2.30. The Labute approximate surface area is 135 Å². The first-order valence-electron chi connectivity index (χ1n) is 5.69. The number of benzene rings is 1. The molecule has 1 atom stereocenters. The molecule has 20 heavy (non-hydrogen) atoms. The van der Waals surface area contributed by atoms with Crippen LogP contribution in [0.15, 0.2) is 24.3 Å². The molecule has 0 spiro atoms. The average Bonchev–Trinajstić information content (AvgIpc) is 2.80. The van der Waals surface area contributed by atoms with Gasteiger partial charge in [-0.2, -0.15) is 0 Å². The Morgan fingerprint density at radius 3 is 2.60 bits per heavy atom. The molecule has 1 aromatic heterocycles. The maximum Gasteiger partial charge on any atom is 0.253 e. The summed E-state index contributed by atoms with van der Waals surface area (Å²) in [6.07, 6.45) is 0. The Morgan fingerprint density at radius 2 is 2.00 bits per heavy atom. The number of nitrogens with one attached hydrogen (secondary N) is 1. The molecule has 2 aromatic rings. The van der Waals surface area contributed by atoms with E-state index < -0.39 is 0 Å². The van der Waals surface area contributed by atoms with Crippen molar-refractivity contribution in [3.63, 3.8) is 0 Å². The molecule has 0 aliphatic rings. The molecule has 7 heteroatoms. The minimum absolute atomic E-state index is 0.184. The smallest absolute Gasteiger partial charge is 0.253 e. The van der Waals surface area contributed by atoms with Gasteiger partial charge in [0.15, 0.2) is 0 Å². The molecule has 1 unspecified atom stereocenters. The van der Waals surface area contributed by atoms with Crippen molar-refractivity contribution in [3.8, 4) is 0 Å². The Morgan fingerprint density at radius 1 is 1.30 bits per heavy atom. The van der Waals surface area contributed by atoms with Gasteiger partial charge >= 0.3 is 0 Å². The van der Waals surface area contributed by atoms with Gasteiger partial charge < -0.3 is 11.1 Å². The maximum absolute atomic E-state index is 12.2. The summed E-state index contributed by atoms with van der Waals surface area (Å²) in [6, 6.07) is 6.47. The molecular weight excluding hydrogens is 339 g/mol. The second-order valence-corrected chi connectivity index (χ2v) is 6.73. The summed E-state index contributed by atoms with van der Waals surface area (Å²) in [7, 11) is 0. The quantitative estimate of drug-likeness (QED) is 0.783. The number of hydrogen-bond acceptors (Lipinski definition) is 3. The molecule has 1 aromatic carbocycles. The van der Waals surface area contributed by atoms with E-state index >= 15 is 0 Å². The van der Waals surface area contributed by atoms with Crippen LogP contribution < -0.4 is 11.1 Å². The minimum atomic E-state index is -0.332. The van der Waals surface area contributed by atoms with Gasteiger partial charge in [0.2, 0.25) is 0 Å². The number of carbonyl (C=O) groups is 1. The topological polar surface area (TPSA) is 55.1 Å². The predicted molar refractivity (Wildman–Crippen MR) is 86.1 cm³/mol. The summed E-state index contributed by atoms with van der Waals surface area (Å²) < 4.78 is 0.672. The molecule has 2 rings (SSSR count). The lowest BCUT2D eigenvalue weighted by atomic mass is 10.1. The molecule has 0 aliphatic heterocycles. The molecule has 1 heterocycles. The van der Waals surface area contributed by atoms with Gasteiger partial charge in [-0.05, 0) is 31.2 Å². The third-order valence-corrected chi connectivity index (χ3v) is 4.88. The van der Waals surface area contributed by atoms with Gasteiger partial charge in [-0.1, -0.05) is 34.8 Å². The first-order valence-corrected chi connectivity index (χ1v) is 7.64. The fourth-order valence-corrected chi connectivity index (χ4v) is 3.17. The average molecular weight is 350 g/mol. The number of nitrogens with two attached hydrogens (primary N) is 1. The van der Waals surface area contributed by atoms with E-state index in [1.165, 1.54) is 23.5 Å². The van der Waals surface area contributed by atoms with Crippen LogP contribution >= 0.6 is 46.1 Å². The normalized spacial score (nSPS) is 12.2. The zero-order valence-electron chi connectivity index (χ0n) is 10.4. The van der Waals surface area contributed by atoms with Crippen molar-refractivity contribution in [2.24, 2.45) is 0 Å². The maximum atomic E-state index is 12.2. The zero-order chi connectivity index (χ0) is 14.9. The summed E-state index contributed by atoms with van der Waals surface area (Å²) in [5.74, 6) is -0.332. The van der Waals surface area contributed by atoms with Gasteiger partial charge in [-0.15, -0.1) is 11.3 Å². The molecule has 0 saturated carbocycles. The minimum Gasteiger partial charge on any atom is -0.399 e. The van der Waals surface area contributed by atoms with E-state index in [0.29, 0.717) is 10.0 Å². The van der Waals surface area contributed by atoms with Crippen molar-refractivity contribution in [2.45, 2.75) is 13.0 Å². The van der Waals surface area contributed by atoms with Crippen LogP contribution in [0.4, 0.5) is 5.69 Å². The molecule has 1 amide bonds. The van der Waals surface area contributed by atoms with E-state index in [1.807, 2.05) is 13.0 Å². The van der Waals surface area contributed by atoms with Gasteiger partial charge in [-0.25, -0.2) is 0 Å². The lowest BCUT2D eigenvalue weighted by Gasteiger charge is -2.14. The number of thiophene rings is 1. The van der Waals surface area contributed by atoms with Crippen LogP contribution in [0.1, 0.15) is 28.2 Å². The number of amides is 1. The van der Waals surface area contributed by atoms with Crippen LogP contribution in [0.3, 0.4) is 0 Å². The van der Waals surface area contributed by atoms with Crippen molar-refractivity contribution in [1.29, 1.82) is 0 Å². The van der Waals surface area contributed by atoms with Gasteiger partial charge in [0, 0.05) is 10.6 Å². The lowest BCUT2D eigenvalue weighted by Crippen LogP contribution is -2.26. The monoisotopic (exact) mass is 348 g/mol. The van der Waals surface area contributed by atoms with E-state index in [2.05, 4.69) is 5.32 Å². The van der Waals surface area contributed by atoms with E-state index in [1.54, 1.807) is 6.07 Å². The van der Waals surface area contributed by atoms with Crippen molar-refractivity contribution in [2.75, 3.05) is 5.73 Å². The molecule has 0 bridgehead atoms. The van der Waals surface area contributed by atoms with E-state index in [9.17, 15) is 4.79 Å². The summed E-state index contributed by atoms with van der Waals surface area (Å²) in [4.78, 5) is 13.2. The highest BCUT2D eigenvalue weighted by molar-refractivity contribution is 7.16. The second-order valence-electron chi connectivity index (χ2n) is 4.20. The summed E-state index contributed by atoms with van der Waals surface area (Å²) in [6.45, 7) is 1.86. The van der Waals surface area contributed by atoms with Crippen LogP contribution in [0.25, 0.3) is 0 Å². The van der Waals surface area contributed by atoms with Crippen LogP contribution in [-0.2, 0) is 0 Å². The molecule has 3 N–H and O–H groups in total. The fraction of sp³-hybridized carbons (Fsp3) is 0.154. The first-order chi connectivity index (χ1) is 9.38.